The van der Waals surface area contributed by atoms with Crippen LogP contribution in [-0.4, -0.2) is 41.8 Å². The third-order valence-corrected chi connectivity index (χ3v) is 3.36. The molecule has 1 heterocycles. The minimum Gasteiger partial charge on any atom is -0.368 e. The fraction of sp³-hybridized carbons (Fsp3) is 0.235. The van der Waals surface area contributed by atoms with Crippen LogP contribution in [0.25, 0.3) is 0 Å². The number of primary amides is 1. The van der Waals surface area contributed by atoms with Gasteiger partial charge in [0.1, 0.15) is 11.9 Å². The number of aromatic nitrogens is 1. The molecule has 0 aliphatic rings. The molecule has 0 bridgehead atoms. The molecular formula is C17H20N4O2. The lowest BCUT2D eigenvalue weighted by atomic mass is 10.1. The largest absolute Gasteiger partial charge is 0.368 e. The van der Waals surface area contributed by atoms with E-state index in [2.05, 4.69) is 10.3 Å². The van der Waals surface area contributed by atoms with Crippen molar-refractivity contribution in [2.75, 3.05) is 19.4 Å². The Morgan fingerprint density at radius 2 is 1.87 bits per heavy atom. The molecule has 23 heavy (non-hydrogen) atoms. The molecule has 1 atom stereocenters. The maximum atomic E-state index is 11.8. The first kappa shape index (κ1) is 16.5. The van der Waals surface area contributed by atoms with Gasteiger partial charge in [-0.1, -0.05) is 30.3 Å². The first-order chi connectivity index (χ1) is 11.0. The van der Waals surface area contributed by atoms with Crippen LogP contribution < -0.4 is 11.1 Å². The molecule has 0 radical (unpaired) electrons. The summed E-state index contributed by atoms with van der Waals surface area (Å²) >= 11 is 0. The molecule has 0 spiro atoms. The van der Waals surface area contributed by atoms with Gasteiger partial charge in [-0.05, 0) is 17.7 Å². The van der Waals surface area contributed by atoms with Crippen molar-refractivity contribution < 1.29 is 9.59 Å². The van der Waals surface area contributed by atoms with Gasteiger partial charge in [-0.3, -0.25) is 9.59 Å². The Hall–Kier alpha value is -2.89. The summed E-state index contributed by atoms with van der Waals surface area (Å²) in [7, 11) is 3.36. The Balaban J connectivity index is 2.08. The second-order valence-corrected chi connectivity index (χ2v) is 5.42. The normalized spacial score (nSPS) is 11.6. The number of hydrogen-bond donors (Lipinski definition) is 2. The van der Waals surface area contributed by atoms with Crippen LogP contribution in [0.4, 0.5) is 5.82 Å². The van der Waals surface area contributed by atoms with E-state index in [0.717, 1.165) is 5.56 Å². The number of anilines is 1. The molecule has 1 aromatic heterocycles. The molecule has 2 amide bonds. The number of nitrogens with one attached hydrogen (secondary N) is 1. The molecule has 0 aliphatic carbocycles. The zero-order chi connectivity index (χ0) is 16.8. The number of amides is 2. The van der Waals surface area contributed by atoms with E-state index in [9.17, 15) is 9.59 Å². The van der Waals surface area contributed by atoms with Gasteiger partial charge in [0.2, 0.25) is 5.91 Å². The minimum atomic E-state index is -0.569. The van der Waals surface area contributed by atoms with Crippen molar-refractivity contribution in [3.63, 3.8) is 0 Å². The van der Waals surface area contributed by atoms with Crippen LogP contribution in [-0.2, 0) is 11.2 Å². The first-order valence-electron chi connectivity index (χ1n) is 7.25. The van der Waals surface area contributed by atoms with Crippen molar-refractivity contribution in [2.24, 2.45) is 5.73 Å². The quantitative estimate of drug-likeness (QED) is 0.841. The predicted molar refractivity (Wildman–Crippen MR) is 89.0 cm³/mol. The average Bonchev–Trinajstić information content (AvgIpc) is 2.55. The highest BCUT2D eigenvalue weighted by molar-refractivity contribution is 5.93. The van der Waals surface area contributed by atoms with Crippen molar-refractivity contribution in [1.29, 1.82) is 0 Å². The number of hydrogen-bond acceptors (Lipinski definition) is 4. The van der Waals surface area contributed by atoms with E-state index in [1.165, 1.54) is 11.1 Å². The van der Waals surface area contributed by atoms with Crippen molar-refractivity contribution in [1.82, 2.24) is 9.88 Å². The lowest BCUT2D eigenvalue weighted by molar-refractivity contribution is -0.118. The Labute approximate surface area is 135 Å². The fourth-order valence-electron chi connectivity index (χ4n) is 2.12. The number of carbonyl (C=O) groups excluding carboxylic acids is 2. The van der Waals surface area contributed by atoms with Crippen LogP contribution in [0.15, 0.2) is 48.7 Å². The van der Waals surface area contributed by atoms with E-state index in [1.807, 2.05) is 30.3 Å². The summed E-state index contributed by atoms with van der Waals surface area (Å²) < 4.78 is 0. The fourth-order valence-corrected chi connectivity index (χ4v) is 2.12. The number of pyridine rings is 1. The van der Waals surface area contributed by atoms with Crippen molar-refractivity contribution in [3.8, 4) is 0 Å². The van der Waals surface area contributed by atoms with E-state index in [0.29, 0.717) is 17.8 Å². The Morgan fingerprint density at radius 3 is 2.39 bits per heavy atom. The summed E-state index contributed by atoms with van der Waals surface area (Å²) in [6, 6.07) is 12.4. The lowest BCUT2D eigenvalue weighted by Gasteiger charge is -2.16. The maximum absolute atomic E-state index is 11.8. The van der Waals surface area contributed by atoms with Crippen LogP contribution in [0.1, 0.15) is 15.9 Å². The monoisotopic (exact) mass is 312 g/mol. The van der Waals surface area contributed by atoms with E-state index in [-0.39, 0.29) is 5.91 Å². The molecule has 0 fully saturated rings. The molecule has 6 nitrogen and oxygen atoms in total. The molecule has 0 saturated heterocycles. The number of rotatable bonds is 6. The van der Waals surface area contributed by atoms with Gasteiger partial charge in [0, 0.05) is 26.7 Å². The molecule has 1 aromatic carbocycles. The molecule has 2 rings (SSSR count). The molecule has 120 valence electrons. The lowest BCUT2D eigenvalue weighted by Crippen LogP contribution is -2.37. The molecule has 0 aliphatic heterocycles. The zero-order valence-electron chi connectivity index (χ0n) is 13.2. The highest BCUT2D eigenvalue weighted by Crippen LogP contribution is 2.11. The van der Waals surface area contributed by atoms with E-state index >= 15 is 0 Å². The highest BCUT2D eigenvalue weighted by Gasteiger charge is 2.16. The van der Waals surface area contributed by atoms with E-state index in [4.69, 9.17) is 5.73 Å². The Kier molecular flexibility index (Phi) is 5.30. The van der Waals surface area contributed by atoms with Gasteiger partial charge in [0.05, 0.1) is 5.56 Å². The van der Waals surface area contributed by atoms with Crippen molar-refractivity contribution in [2.45, 2.75) is 12.5 Å². The Bertz CT molecular complexity index is 669. The van der Waals surface area contributed by atoms with Crippen molar-refractivity contribution in [3.05, 3.63) is 59.8 Å². The van der Waals surface area contributed by atoms with Gasteiger partial charge in [-0.2, -0.15) is 0 Å². The number of nitrogens with zero attached hydrogens (tertiary/aromatic N) is 2. The second kappa shape index (κ2) is 7.40. The van der Waals surface area contributed by atoms with Gasteiger partial charge in [-0.25, -0.2) is 4.98 Å². The molecule has 0 saturated carbocycles. The second-order valence-electron chi connectivity index (χ2n) is 5.42. The summed E-state index contributed by atoms with van der Waals surface area (Å²) in [6.45, 7) is 0. The third kappa shape index (κ3) is 4.54. The smallest absolute Gasteiger partial charge is 0.254 e. The zero-order valence-corrected chi connectivity index (χ0v) is 13.2. The summed E-state index contributed by atoms with van der Waals surface area (Å²) in [4.78, 5) is 29.1. The van der Waals surface area contributed by atoms with Gasteiger partial charge in [-0.15, -0.1) is 0 Å². The summed E-state index contributed by atoms with van der Waals surface area (Å²) in [5.74, 6) is -0.0797. The van der Waals surface area contributed by atoms with Crippen LogP contribution in [0.2, 0.25) is 0 Å². The molecule has 3 N–H and O–H groups in total. The number of carbonyl (C=O) groups is 2. The van der Waals surface area contributed by atoms with Crippen LogP contribution in [0.3, 0.4) is 0 Å². The predicted octanol–water partition coefficient (Wildman–Crippen LogP) is 1.29. The van der Waals surface area contributed by atoms with Gasteiger partial charge in [0.15, 0.2) is 0 Å². The third-order valence-electron chi connectivity index (χ3n) is 3.36. The van der Waals surface area contributed by atoms with Crippen LogP contribution in [0.5, 0.6) is 0 Å². The molecular weight excluding hydrogens is 292 g/mol. The van der Waals surface area contributed by atoms with Gasteiger partial charge in [0.25, 0.3) is 5.91 Å². The van der Waals surface area contributed by atoms with Crippen LogP contribution in [0, 0.1) is 0 Å². The van der Waals surface area contributed by atoms with Crippen LogP contribution >= 0.6 is 0 Å². The first-order valence-corrected chi connectivity index (χ1v) is 7.25. The number of benzene rings is 1. The number of nitrogens with two attached hydrogens (primary N) is 1. The van der Waals surface area contributed by atoms with Gasteiger partial charge < -0.3 is 16.0 Å². The highest BCUT2D eigenvalue weighted by atomic mass is 16.2. The van der Waals surface area contributed by atoms with E-state index < -0.39 is 11.9 Å². The molecule has 6 heteroatoms. The topological polar surface area (TPSA) is 88.3 Å². The Morgan fingerprint density at radius 1 is 1.17 bits per heavy atom. The van der Waals surface area contributed by atoms with Crippen molar-refractivity contribution >= 4 is 17.6 Å². The average molecular weight is 312 g/mol. The summed E-state index contributed by atoms with van der Waals surface area (Å²) in [5, 5.41) is 3.01. The molecule has 0 unspecified atom stereocenters. The maximum Gasteiger partial charge on any atom is 0.254 e. The molecule has 2 aromatic rings. The van der Waals surface area contributed by atoms with Gasteiger partial charge >= 0.3 is 0 Å². The van der Waals surface area contributed by atoms with E-state index in [1.54, 1.807) is 26.2 Å². The standard InChI is InChI=1S/C17H20N4O2/c1-21(2)17(23)13-8-9-15(19-11-13)20-14(16(18)22)10-12-6-4-3-5-7-12/h3-9,11,14H,10H2,1-2H3,(H2,18,22)(H,19,20)/t14-/m0/s1. The summed E-state index contributed by atoms with van der Waals surface area (Å²) in [5.41, 5.74) is 6.95. The SMILES string of the molecule is CN(C)C(=O)c1ccc(N[C@@H](Cc2ccccc2)C(N)=O)nc1. The summed E-state index contributed by atoms with van der Waals surface area (Å²) in [6.07, 6.45) is 1.95. The minimum absolute atomic E-state index is 0.125.